The maximum atomic E-state index is 13.5. The zero-order valence-corrected chi connectivity index (χ0v) is 15.5. The van der Waals surface area contributed by atoms with E-state index in [1.165, 1.54) is 21.9 Å². The van der Waals surface area contributed by atoms with Crippen LogP contribution in [-0.2, 0) is 14.4 Å². The quantitative estimate of drug-likeness (QED) is 0.685. The molecule has 2 atom stereocenters. The van der Waals surface area contributed by atoms with Crippen molar-refractivity contribution in [2.45, 2.75) is 32.1 Å². The Bertz CT molecular complexity index is 700. The van der Waals surface area contributed by atoms with Gasteiger partial charge < -0.3 is 9.64 Å². The number of amides is 3. The molecule has 7 heteroatoms. The molecule has 3 rings (SSSR count). The molecule has 146 valence electrons. The predicted octanol–water partition coefficient (Wildman–Crippen LogP) is 2.23. The number of hydrogen-bond donors (Lipinski definition) is 0. The number of likely N-dealkylation sites (N-methyl/N-ethyl adjacent to an activating group) is 1. The predicted molar refractivity (Wildman–Crippen MR) is 96.3 cm³/mol. The average Bonchev–Trinajstić information content (AvgIpc) is 2.92. The molecule has 1 aliphatic heterocycles. The van der Waals surface area contributed by atoms with Gasteiger partial charge in [0.05, 0.1) is 18.4 Å². The van der Waals surface area contributed by atoms with Gasteiger partial charge in [-0.25, -0.2) is 4.39 Å². The molecule has 1 heterocycles. The van der Waals surface area contributed by atoms with Gasteiger partial charge in [-0.05, 0) is 25.0 Å². The lowest BCUT2D eigenvalue weighted by Crippen LogP contribution is -2.37. The molecule has 2 aliphatic rings. The molecule has 1 saturated heterocycles. The number of carbonyl (C=O) groups is 3. The van der Waals surface area contributed by atoms with Gasteiger partial charge in [0, 0.05) is 20.0 Å². The zero-order valence-electron chi connectivity index (χ0n) is 15.5. The minimum absolute atomic E-state index is 0.0904. The summed E-state index contributed by atoms with van der Waals surface area (Å²) < 4.78 is 18.8. The van der Waals surface area contributed by atoms with Crippen LogP contribution in [0.4, 0.5) is 4.39 Å². The Hall–Kier alpha value is -2.44. The molecule has 1 saturated carbocycles. The van der Waals surface area contributed by atoms with Gasteiger partial charge in [-0.3, -0.25) is 19.3 Å². The van der Waals surface area contributed by atoms with E-state index in [1.54, 1.807) is 19.2 Å². The van der Waals surface area contributed by atoms with Crippen LogP contribution in [0.2, 0.25) is 0 Å². The summed E-state index contributed by atoms with van der Waals surface area (Å²) in [6.07, 6.45) is 3.60. The average molecular weight is 376 g/mol. The number of hydrogen-bond acceptors (Lipinski definition) is 4. The molecule has 0 bridgehead atoms. The van der Waals surface area contributed by atoms with Gasteiger partial charge in [0.2, 0.25) is 17.7 Å². The lowest BCUT2D eigenvalue weighted by molar-refractivity contribution is -0.140. The molecule has 0 radical (unpaired) electrons. The van der Waals surface area contributed by atoms with Crippen LogP contribution in [0.5, 0.6) is 5.75 Å². The van der Waals surface area contributed by atoms with E-state index in [0.29, 0.717) is 6.54 Å². The molecule has 27 heavy (non-hydrogen) atoms. The molecular formula is C20H25FN2O4. The van der Waals surface area contributed by atoms with Crippen molar-refractivity contribution < 1.29 is 23.5 Å². The van der Waals surface area contributed by atoms with Crippen LogP contribution >= 0.6 is 0 Å². The first kappa shape index (κ1) is 19.3. The summed E-state index contributed by atoms with van der Waals surface area (Å²) in [7, 11) is 1.63. The molecule has 3 amide bonds. The summed E-state index contributed by atoms with van der Waals surface area (Å²) in [5.74, 6) is -1.09. The third-order valence-corrected chi connectivity index (χ3v) is 5.43. The molecule has 1 aliphatic carbocycles. The van der Waals surface area contributed by atoms with E-state index >= 15 is 0 Å². The smallest absolute Gasteiger partial charge is 0.233 e. The van der Waals surface area contributed by atoms with Gasteiger partial charge in [-0.15, -0.1) is 0 Å². The van der Waals surface area contributed by atoms with Gasteiger partial charge in [-0.1, -0.05) is 25.0 Å². The Balaban J connectivity index is 1.44. The lowest BCUT2D eigenvalue weighted by atomic mass is 9.81. The monoisotopic (exact) mass is 376 g/mol. The first-order chi connectivity index (χ1) is 13.0. The van der Waals surface area contributed by atoms with Crippen LogP contribution < -0.4 is 4.74 Å². The summed E-state index contributed by atoms with van der Waals surface area (Å²) in [5.41, 5.74) is 0. The fourth-order valence-electron chi connectivity index (χ4n) is 3.83. The minimum atomic E-state index is -0.445. The molecule has 1 aromatic carbocycles. The van der Waals surface area contributed by atoms with Crippen LogP contribution in [0.25, 0.3) is 0 Å². The van der Waals surface area contributed by atoms with Crippen molar-refractivity contribution in [2.75, 3.05) is 26.7 Å². The van der Waals surface area contributed by atoms with E-state index in [-0.39, 0.29) is 54.9 Å². The summed E-state index contributed by atoms with van der Waals surface area (Å²) in [6.45, 7) is 0.581. The van der Waals surface area contributed by atoms with Gasteiger partial charge in [0.25, 0.3) is 0 Å². The lowest BCUT2D eigenvalue weighted by Gasteiger charge is -2.20. The molecule has 1 aromatic rings. The number of benzene rings is 1. The number of fused-ring (bicyclic) bond motifs is 1. The van der Waals surface area contributed by atoms with E-state index < -0.39 is 5.82 Å². The molecule has 0 aromatic heterocycles. The van der Waals surface area contributed by atoms with Crippen LogP contribution in [0, 0.1) is 17.7 Å². The Kier molecular flexibility index (Phi) is 6.08. The number of imide groups is 1. The highest BCUT2D eigenvalue weighted by molar-refractivity contribution is 6.05. The number of likely N-dealkylation sites (tertiary alicyclic amines) is 1. The van der Waals surface area contributed by atoms with Crippen molar-refractivity contribution in [1.82, 2.24) is 9.80 Å². The Morgan fingerprint density at radius 1 is 1.19 bits per heavy atom. The molecule has 2 unspecified atom stereocenters. The second-order valence-corrected chi connectivity index (χ2v) is 7.17. The number of ether oxygens (including phenoxy) is 1. The Morgan fingerprint density at radius 2 is 1.81 bits per heavy atom. The molecular weight excluding hydrogens is 351 g/mol. The second kappa shape index (κ2) is 8.50. The van der Waals surface area contributed by atoms with Crippen LogP contribution in [-0.4, -0.2) is 54.3 Å². The van der Waals surface area contributed by atoms with Gasteiger partial charge in [0.15, 0.2) is 11.6 Å². The van der Waals surface area contributed by atoms with Crippen molar-refractivity contribution in [2.24, 2.45) is 11.8 Å². The van der Waals surface area contributed by atoms with E-state index in [1.807, 2.05) is 0 Å². The van der Waals surface area contributed by atoms with E-state index in [0.717, 1.165) is 25.7 Å². The van der Waals surface area contributed by atoms with Crippen molar-refractivity contribution in [3.63, 3.8) is 0 Å². The summed E-state index contributed by atoms with van der Waals surface area (Å²) >= 11 is 0. The largest absolute Gasteiger partial charge is 0.489 e. The highest BCUT2D eigenvalue weighted by Gasteiger charge is 2.47. The number of carbonyl (C=O) groups excluding carboxylic acids is 3. The number of rotatable bonds is 7. The first-order valence-electron chi connectivity index (χ1n) is 9.45. The summed E-state index contributed by atoms with van der Waals surface area (Å²) in [5, 5.41) is 0. The fraction of sp³-hybridized carbons (Fsp3) is 0.550. The SMILES string of the molecule is CN(CCOc1ccccc1F)C(=O)CCN1C(=O)C2CCCCC2C1=O. The molecule has 0 N–H and O–H groups in total. The van der Waals surface area contributed by atoms with Crippen LogP contribution in [0.3, 0.4) is 0 Å². The maximum Gasteiger partial charge on any atom is 0.233 e. The van der Waals surface area contributed by atoms with Crippen molar-refractivity contribution in [3.05, 3.63) is 30.1 Å². The Labute approximate surface area is 158 Å². The summed E-state index contributed by atoms with van der Waals surface area (Å²) in [4.78, 5) is 39.9. The topological polar surface area (TPSA) is 66.9 Å². The minimum Gasteiger partial charge on any atom is -0.489 e. The second-order valence-electron chi connectivity index (χ2n) is 7.17. The van der Waals surface area contributed by atoms with Crippen molar-refractivity contribution in [3.8, 4) is 5.75 Å². The van der Waals surface area contributed by atoms with Gasteiger partial charge >= 0.3 is 0 Å². The normalized spacial score (nSPS) is 21.9. The zero-order chi connectivity index (χ0) is 19.4. The van der Waals surface area contributed by atoms with Crippen molar-refractivity contribution >= 4 is 17.7 Å². The highest BCUT2D eigenvalue weighted by atomic mass is 19.1. The third kappa shape index (κ3) is 4.28. The third-order valence-electron chi connectivity index (χ3n) is 5.43. The number of nitrogens with zero attached hydrogens (tertiary/aromatic N) is 2. The van der Waals surface area contributed by atoms with E-state index in [2.05, 4.69) is 0 Å². The fourth-order valence-corrected chi connectivity index (χ4v) is 3.83. The summed E-state index contributed by atoms with van der Waals surface area (Å²) in [6, 6.07) is 6.09. The molecule has 0 spiro atoms. The first-order valence-corrected chi connectivity index (χ1v) is 9.45. The van der Waals surface area contributed by atoms with Gasteiger partial charge in [0.1, 0.15) is 6.61 Å². The maximum absolute atomic E-state index is 13.5. The van der Waals surface area contributed by atoms with Gasteiger partial charge in [-0.2, -0.15) is 0 Å². The van der Waals surface area contributed by atoms with Crippen LogP contribution in [0.15, 0.2) is 24.3 Å². The standard InChI is InChI=1S/C20H25FN2O4/c1-22(12-13-27-17-9-5-4-8-16(17)21)18(24)10-11-23-19(25)14-6-2-3-7-15(14)20(23)26/h4-5,8-9,14-15H,2-3,6-7,10-13H2,1H3. The number of halogens is 1. The molecule has 6 nitrogen and oxygen atoms in total. The number of para-hydroxylation sites is 1. The van der Waals surface area contributed by atoms with E-state index in [9.17, 15) is 18.8 Å². The van der Waals surface area contributed by atoms with Crippen LogP contribution in [0.1, 0.15) is 32.1 Å². The molecule has 2 fully saturated rings. The highest BCUT2D eigenvalue weighted by Crippen LogP contribution is 2.37. The Morgan fingerprint density at radius 3 is 2.44 bits per heavy atom. The van der Waals surface area contributed by atoms with Crippen molar-refractivity contribution in [1.29, 1.82) is 0 Å². The van der Waals surface area contributed by atoms with E-state index in [4.69, 9.17) is 4.74 Å².